The van der Waals surface area contributed by atoms with Gasteiger partial charge in [-0.1, -0.05) is 17.7 Å². The summed E-state index contributed by atoms with van der Waals surface area (Å²) in [4.78, 5) is 0. The minimum absolute atomic E-state index is 0.173. The lowest BCUT2D eigenvalue weighted by Gasteiger charge is -2.05. The second-order valence-electron chi connectivity index (χ2n) is 3.81. The quantitative estimate of drug-likeness (QED) is 0.813. The van der Waals surface area contributed by atoms with E-state index in [1.165, 1.54) is 11.6 Å². The number of nitrogens with one attached hydrogen (secondary N) is 1. The van der Waals surface area contributed by atoms with Crippen molar-refractivity contribution in [2.75, 3.05) is 6.54 Å². The summed E-state index contributed by atoms with van der Waals surface area (Å²) >= 11 is 7.32. The molecule has 17 heavy (non-hydrogen) atoms. The van der Waals surface area contributed by atoms with Crippen LogP contribution in [0, 0.1) is 5.82 Å². The van der Waals surface area contributed by atoms with Crippen molar-refractivity contribution >= 4 is 22.9 Å². The topological polar surface area (TPSA) is 12.0 Å². The fraction of sp³-hybridized carbons (Fsp3) is 0.231. The van der Waals surface area contributed by atoms with Gasteiger partial charge in [-0.25, -0.2) is 4.39 Å². The lowest BCUT2D eigenvalue weighted by molar-refractivity contribution is 0.620. The first-order valence-electron chi connectivity index (χ1n) is 5.41. The molecule has 1 N–H and O–H groups in total. The molecule has 0 radical (unpaired) electrons. The first-order chi connectivity index (χ1) is 8.25. The van der Waals surface area contributed by atoms with Gasteiger partial charge in [-0.15, -0.1) is 0 Å². The maximum atomic E-state index is 13.2. The predicted octanol–water partition coefficient (Wildman–Crippen LogP) is 3.87. The van der Waals surface area contributed by atoms with Gasteiger partial charge < -0.3 is 5.32 Å². The molecule has 0 unspecified atom stereocenters. The summed E-state index contributed by atoms with van der Waals surface area (Å²) in [5, 5.41) is 7.67. The number of thiophene rings is 1. The standard InChI is InChI=1S/C13H13ClFNS/c14-12-2-1-11(7-13(12)15)8-16-5-3-10-4-6-17-9-10/h1-2,4,6-7,9,16H,3,5,8H2. The predicted molar refractivity (Wildman–Crippen MR) is 71.1 cm³/mol. The third-order valence-corrected chi connectivity index (χ3v) is 3.52. The minimum Gasteiger partial charge on any atom is -0.312 e. The number of hydrogen-bond donors (Lipinski definition) is 1. The van der Waals surface area contributed by atoms with Gasteiger partial charge in [0.05, 0.1) is 5.02 Å². The average molecular weight is 270 g/mol. The van der Waals surface area contributed by atoms with Crippen LogP contribution >= 0.6 is 22.9 Å². The molecule has 2 rings (SSSR count). The highest BCUT2D eigenvalue weighted by Crippen LogP contribution is 2.15. The molecule has 1 heterocycles. The summed E-state index contributed by atoms with van der Waals surface area (Å²) in [6.07, 6.45) is 1.000. The Morgan fingerprint density at radius 1 is 1.24 bits per heavy atom. The van der Waals surface area contributed by atoms with Crippen molar-refractivity contribution in [1.29, 1.82) is 0 Å². The van der Waals surface area contributed by atoms with Crippen LogP contribution in [-0.4, -0.2) is 6.54 Å². The van der Waals surface area contributed by atoms with Crippen LogP contribution in [0.5, 0.6) is 0 Å². The lowest BCUT2D eigenvalue weighted by atomic mass is 10.2. The Balaban J connectivity index is 1.76. The second kappa shape index (κ2) is 6.15. The maximum absolute atomic E-state index is 13.2. The van der Waals surface area contributed by atoms with Crippen LogP contribution in [0.2, 0.25) is 5.02 Å². The highest BCUT2D eigenvalue weighted by Gasteiger charge is 2.00. The van der Waals surface area contributed by atoms with E-state index in [1.807, 2.05) is 6.07 Å². The Labute approximate surface area is 109 Å². The first-order valence-corrected chi connectivity index (χ1v) is 6.73. The van der Waals surface area contributed by atoms with Crippen LogP contribution in [0.1, 0.15) is 11.1 Å². The SMILES string of the molecule is Fc1cc(CNCCc2ccsc2)ccc1Cl. The summed E-state index contributed by atoms with van der Waals surface area (Å²) < 4.78 is 13.2. The highest BCUT2D eigenvalue weighted by molar-refractivity contribution is 7.07. The van der Waals surface area contributed by atoms with Gasteiger partial charge in [0.2, 0.25) is 0 Å². The Hall–Kier alpha value is -0.900. The third kappa shape index (κ3) is 3.80. The van der Waals surface area contributed by atoms with Crippen LogP contribution < -0.4 is 5.32 Å². The summed E-state index contributed by atoms with van der Waals surface area (Å²) in [6, 6.07) is 7.02. The molecule has 0 fully saturated rings. The smallest absolute Gasteiger partial charge is 0.142 e. The molecule has 0 saturated carbocycles. The van der Waals surface area contributed by atoms with E-state index < -0.39 is 0 Å². The van der Waals surface area contributed by atoms with Crippen molar-refractivity contribution in [2.24, 2.45) is 0 Å². The number of halogens is 2. The maximum Gasteiger partial charge on any atom is 0.142 e. The fourth-order valence-corrected chi connectivity index (χ4v) is 2.37. The van der Waals surface area contributed by atoms with Gasteiger partial charge >= 0.3 is 0 Å². The molecule has 0 aliphatic rings. The van der Waals surface area contributed by atoms with Crippen LogP contribution in [0.25, 0.3) is 0 Å². The van der Waals surface area contributed by atoms with Crippen LogP contribution in [0.4, 0.5) is 4.39 Å². The zero-order valence-corrected chi connectivity index (χ0v) is 10.8. The summed E-state index contributed by atoms with van der Waals surface area (Å²) in [7, 11) is 0. The van der Waals surface area contributed by atoms with E-state index in [0.29, 0.717) is 6.54 Å². The lowest BCUT2D eigenvalue weighted by Crippen LogP contribution is -2.16. The molecule has 1 nitrogen and oxygen atoms in total. The average Bonchev–Trinajstić information content (AvgIpc) is 2.82. The number of benzene rings is 1. The molecule has 0 aliphatic heterocycles. The minimum atomic E-state index is -0.358. The molecule has 90 valence electrons. The Morgan fingerprint density at radius 3 is 2.82 bits per heavy atom. The van der Waals surface area contributed by atoms with Crippen molar-refractivity contribution in [3.63, 3.8) is 0 Å². The van der Waals surface area contributed by atoms with E-state index in [4.69, 9.17) is 11.6 Å². The normalized spacial score (nSPS) is 10.7. The van der Waals surface area contributed by atoms with Crippen molar-refractivity contribution in [1.82, 2.24) is 5.32 Å². The molecular weight excluding hydrogens is 257 g/mol. The van der Waals surface area contributed by atoms with Gasteiger partial charge in [-0.3, -0.25) is 0 Å². The van der Waals surface area contributed by atoms with Crippen molar-refractivity contribution in [3.05, 3.63) is 57.0 Å². The summed E-state index contributed by atoms with van der Waals surface area (Å²) in [6.45, 7) is 1.55. The zero-order valence-electron chi connectivity index (χ0n) is 9.25. The number of hydrogen-bond acceptors (Lipinski definition) is 2. The Morgan fingerprint density at radius 2 is 2.12 bits per heavy atom. The highest BCUT2D eigenvalue weighted by atomic mass is 35.5. The van der Waals surface area contributed by atoms with Crippen molar-refractivity contribution in [3.8, 4) is 0 Å². The molecule has 0 amide bonds. The molecule has 1 aromatic heterocycles. The number of rotatable bonds is 5. The first kappa shape index (κ1) is 12.6. The molecule has 0 atom stereocenters. The summed E-state index contributed by atoms with van der Waals surface area (Å²) in [5.41, 5.74) is 2.25. The van der Waals surface area contributed by atoms with E-state index in [0.717, 1.165) is 18.5 Å². The van der Waals surface area contributed by atoms with Crippen molar-refractivity contribution < 1.29 is 4.39 Å². The molecule has 0 bridgehead atoms. The molecule has 1 aromatic carbocycles. The van der Waals surface area contributed by atoms with E-state index >= 15 is 0 Å². The summed E-state index contributed by atoms with van der Waals surface area (Å²) in [5.74, 6) is -0.358. The van der Waals surface area contributed by atoms with E-state index in [2.05, 4.69) is 22.1 Å². The van der Waals surface area contributed by atoms with Gasteiger partial charge in [0.25, 0.3) is 0 Å². The zero-order chi connectivity index (χ0) is 12.1. The van der Waals surface area contributed by atoms with E-state index in [9.17, 15) is 4.39 Å². The third-order valence-electron chi connectivity index (χ3n) is 2.48. The van der Waals surface area contributed by atoms with E-state index in [-0.39, 0.29) is 10.8 Å². The molecule has 0 spiro atoms. The van der Waals surface area contributed by atoms with Gasteiger partial charge in [-0.05, 0) is 53.1 Å². The van der Waals surface area contributed by atoms with E-state index in [1.54, 1.807) is 17.4 Å². The van der Waals surface area contributed by atoms with Crippen LogP contribution in [0.3, 0.4) is 0 Å². The largest absolute Gasteiger partial charge is 0.312 e. The van der Waals surface area contributed by atoms with Crippen LogP contribution in [-0.2, 0) is 13.0 Å². The monoisotopic (exact) mass is 269 g/mol. The van der Waals surface area contributed by atoms with Gasteiger partial charge in [0.1, 0.15) is 5.82 Å². The van der Waals surface area contributed by atoms with Gasteiger partial charge in [0.15, 0.2) is 0 Å². The second-order valence-corrected chi connectivity index (χ2v) is 4.99. The Bertz CT molecular complexity index is 470. The molecule has 0 aliphatic carbocycles. The fourth-order valence-electron chi connectivity index (χ4n) is 1.55. The van der Waals surface area contributed by atoms with Gasteiger partial charge in [-0.2, -0.15) is 11.3 Å². The molecule has 2 aromatic rings. The van der Waals surface area contributed by atoms with Crippen LogP contribution in [0.15, 0.2) is 35.0 Å². The molecule has 4 heteroatoms. The molecular formula is C13H13ClFNS. The van der Waals surface area contributed by atoms with Crippen molar-refractivity contribution in [2.45, 2.75) is 13.0 Å². The molecule has 0 saturated heterocycles. The van der Waals surface area contributed by atoms with Gasteiger partial charge in [0, 0.05) is 6.54 Å². The Kier molecular flexibility index (Phi) is 4.54.